The lowest BCUT2D eigenvalue weighted by Crippen LogP contribution is -2.31. The maximum Gasteiger partial charge on any atom is 0.240 e. The lowest BCUT2D eigenvalue weighted by molar-refractivity contribution is -0.125. The van der Waals surface area contributed by atoms with Crippen molar-refractivity contribution in [2.45, 2.75) is 25.5 Å². The second-order valence-electron chi connectivity index (χ2n) is 4.71. The number of nitrogens with one attached hydrogen (secondary N) is 2. The van der Waals surface area contributed by atoms with Crippen molar-refractivity contribution in [3.05, 3.63) is 35.9 Å². The Morgan fingerprint density at radius 3 is 2.77 bits per heavy atom. The summed E-state index contributed by atoms with van der Waals surface area (Å²) in [7, 11) is 0. The minimum atomic E-state index is -0.447. The van der Waals surface area contributed by atoms with E-state index in [0.29, 0.717) is 11.7 Å². The number of hydrogen-bond donors (Lipinski definition) is 2. The van der Waals surface area contributed by atoms with Crippen molar-refractivity contribution >= 4 is 34.5 Å². The molecule has 0 radical (unpaired) electrons. The van der Waals surface area contributed by atoms with Gasteiger partial charge in [0.25, 0.3) is 0 Å². The third-order valence-electron chi connectivity index (χ3n) is 3.00. The fourth-order valence-electron chi connectivity index (χ4n) is 1.88. The second-order valence-corrected chi connectivity index (χ2v) is 5.90. The topological polar surface area (TPSA) is 82.9 Å². The predicted octanol–water partition coefficient (Wildman–Crippen LogP) is 1.52. The van der Waals surface area contributed by atoms with Gasteiger partial charge in [-0.3, -0.25) is 9.59 Å². The highest BCUT2D eigenvalue weighted by molar-refractivity contribution is 8.15. The van der Waals surface area contributed by atoms with Crippen molar-refractivity contribution in [2.75, 3.05) is 6.54 Å². The Morgan fingerprint density at radius 2 is 2.09 bits per heavy atom. The first kappa shape index (κ1) is 16.2. The Morgan fingerprint density at radius 1 is 1.36 bits per heavy atom. The number of thioether (sulfide) groups is 1. The van der Waals surface area contributed by atoms with Gasteiger partial charge in [-0.15, -0.1) is 5.10 Å². The van der Waals surface area contributed by atoms with Crippen molar-refractivity contribution < 1.29 is 9.59 Å². The molecule has 1 aliphatic heterocycles. The Bertz CT molecular complexity index is 613. The van der Waals surface area contributed by atoms with E-state index in [0.717, 1.165) is 11.3 Å². The molecule has 2 rings (SSSR count). The largest absolute Gasteiger partial charge is 0.356 e. The number of rotatable bonds is 5. The molecule has 22 heavy (non-hydrogen) atoms. The van der Waals surface area contributed by atoms with Crippen LogP contribution in [0, 0.1) is 0 Å². The van der Waals surface area contributed by atoms with Gasteiger partial charge in [0.05, 0.1) is 5.71 Å². The zero-order valence-corrected chi connectivity index (χ0v) is 13.3. The molecule has 1 aromatic rings. The van der Waals surface area contributed by atoms with Gasteiger partial charge in [-0.1, -0.05) is 42.1 Å². The minimum Gasteiger partial charge on any atom is -0.356 e. The summed E-state index contributed by atoms with van der Waals surface area (Å²) in [5.74, 6) is -0.345. The van der Waals surface area contributed by atoms with Gasteiger partial charge in [-0.25, -0.2) is 0 Å². The van der Waals surface area contributed by atoms with Crippen molar-refractivity contribution in [3.8, 4) is 0 Å². The molecular formula is C15H18N4O2S. The average Bonchev–Trinajstić information content (AvgIpc) is 2.86. The van der Waals surface area contributed by atoms with E-state index in [1.54, 1.807) is 0 Å². The molecule has 2 N–H and O–H groups in total. The molecule has 116 valence electrons. The first-order valence-electron chi connectivity index (χ1n) is 7.02. The number of nitrogens with zero attached hydrogens (tertiary/aromatic N) is 2. The SMILES string of the molecule is CCNC(=O)CC1S/C(=N\N=C(C)c2ccccc2)NC1=O. The molecule has 0 aromatic heterocycles. The van der Waals surface area contributed by atoms with Gasteiger partial charge in [-0.05, 0) is 19.4 Å². The molecule has 6 nitrogen and oxygen atoms in total. The van der Waals surface area contributed by atoms with Crippen LogP contribution in [0.1, 0.15) is 25.8 Å². The molecule has 2 amide bonds. The Balaban J connectivity index is 1.99. The smallest absolute Gasteiger partial charge is 0.240 e. The third kappa shape index (κ3) is 4.42. The molecule has 1 saturated heterocycles. The van der Waals surface area contributed by atoms with E-state index in [1.165, 1.54) is 11.8 Å². The van der Waals surface area contributed by atoms with Crippen molar-refractivity contribution in [1.82, 2.24) is 10.6 Å². The first-order chi connectivity index (χ1) is 10.6. The highest BCUT2D eigenvalue weighted by Gasteiger charge is 2.32. The molecule has 0 bridgehead atoms. The number of carbonyl (C=O) groups is 2. The first-order valence-corrected chi connectivity index (χ1v) is 7.90. The van der Waals surface area contributed by atoms with Crippen LogP contribution < -0.4 is 10.6 Å². The van der Waals surface area contributed by atoms with E-state index >= 15 is 0 Å². The van der Waals surface area contributed by atoms with Crippen LogP contribution >= 0.6 is 11.8 Å². The average molecular weight is 318 g/mol. The molecule has 1 atom stereocenters. The van der Waals surface area contributed by atoms with Gasteiger partial charge < -0.3 is 10.6 Å². The Labute approximate surface area is 133 Å². The maximum atomic E-state index is 11.8. The summed E-state index contributed by atoms with van der Waals surface area (Å²) < 4.78 is 0. The van der Waals surface area contributed by atoms with E-state index in [4.69, 9.17) is 0 Å². The molecule has 1 fully saturated rings. The van der Waals surface area contributed by atoms with Crippen LogP contribution in [-0.4, -0.2) is 34.5 Å². The summed E-state index contributed by atoms with van der Waals surface area (Å²) in [6, 6.07) is 9.67. The Hall–Kier alpha value is -2.15. The minimum absolute atomic E-state index is 0.139. The fourth-order valence-corrected chi connectivity index (χ4v) is 2.80. The molecule has 0 saturated carbocycles. The number of amidine groups is 1. The van der Waals surface area contributed by atoms with E-state index in [9.17, 15) is 9.59 Å². The summed E-state index contributed by atoms with van der Waals surface area (Å²) in [6.45, 7) is 4.25. The number of benzene rings is 1. The summed E-state index contributed by atoms with van der Waals surface area (Å²) in [5, 5.41) is 13.5. The fraction of sp³-hybridized carbons (Fsp3) is 0.333. The van der Waals surface area contributed by atoms with Crippen molar-refractivity contribution in [1.29, 1.82) is 0 Å². The third-order valence-corrected chi connectivity index (χ3v) is 4.08. The molecule has 1 aliphatic rings. The van der Waals surface area contributed by atoms with Gasteiger partial charge in [0.15, 0.2) is 5.17 Å². The Kier molecular flexibility index (Phi) is 5.71. The van der Waals surface area contributed by atoms with Crippen LogP contribution in [0.25, 0.3) is 0 Å². The van der Waals surface area contributed by atoms with Crippen molar-refractivity contribution in [2.24, 2.45) is 10.2 Å². The molecule has 1 unspecified atom stereocenters. The number of carbonyl (C=O) groups excluding carboxylic acids is 2. The molecule has 0 aliphatic carbocycles. The molecular weight excluding hydrogens is 300 g/mol. The summed E-state index contributed by atoms with van der Waals surface area (Å²) in [4.78, 5) is 23.3. The zero-order chi connectivity index (χ0) is 15.9. The predicted molar refractivity (Wildman–Crippen MR) is 88.9 cm³/mol. The maximum absolute atomic E-state index is 11.8. The normalized spacial score (nSPS) is 20.1. The van der Waals surface area contributed by atoms with Gasteiger partial charge in [-0.2, -0.15) is 5.10 Å². The second kappa shape index (κ2) is 7.74. The van der Waals surface area contributed by atoms with Crippen LogP contribution in [0.2, 0.25) is 0 Å². The molecule has 1 aromatic carbocycles. The van der Waals surface area contributed by atoms with E-state index in [1.807, 2.05) is 44.2 Å². The summed E-state index contributed by atoms with van der Waals surface area (Å²) >= 11 is 1.23. The van der Waals surface area contributed by atoms with E-state index < -0.39 is 5.25 Å². The van der Waals surface area contributed by atoms with Crippen LogP contribution in [-0.2, 0) is 9.59 Å². The van der Waals surface area contributed by atoms with Crippen LogP contribution in [0.3, 0.4) is 0 Å². The van der Waals surface area contributed by atoms with Crippen molar-refractivity contribution in [3.63, 3.8) is 0 Å². The van der Waals surface area contributed by atoms with E-state index in [-0.39, 0.29) is 18.2 Å². The van der Waals surface area contributed by atoms with E-state index in [2.05, 4.69) is 20.8 Å². The van der Waals surface area contributed by atoms with Gasteiger partial charge in [0, 0.05) is 13.0 Å². The monoisotopic (exact) mass is 318 g/mol. The highest BCUT2D eigenvalue weighted by Crippen LogP contribution is 2.22. The van der Waals surface area contributed by atoms with Crippen LogP contribution in [0.4, 0.5) is 0 Å². The summed E-state index contributed by atoms with van der Waals surface area (Å²) in [5.41, 5.74) is 1.73. The molecule has 0 spiro atoms. The number of hydrogen-bond acceptors (Lipinski definition) is 5. The van der Waals surface area contributed by atoms with Crippen LogP contribution in [0.5, 0.6) is 0 Å². The van der Waals surface area contributed by atoms with Gasteiger partial charge in [0.2, 0.25) is 11.8 Å². The summed E-state index contributed by atoms with van der Waals surface area (Å²) in [6.07, 6.45) is 0.144. The van der Waals surface area contributed by atoms with Gasteiger partial charge in [0.1, 0.15) is 5.25 Å². The highest BCUT2D eigenvalue weighted by atomic mass is 32.2. The number of amides is 2. The van der Waals surface area contributed by atoms with Crippen LogP contribution in [0.15, 0.2) is 40.5 Å². The molecule has 7 heteroatoms. The lowest BCUT2D eigenvalue weighted by Gasteiger charge is -2.04. The lowest BCUT2D eigenvalue weighted by atomic mass is 10.1. The zero-order valence-electron chi connectivity index (χ0n) is 12.5. The quantitative estimate of drug-likeness (QED) is 0.638. The van der Waals surface area contributed by atoms with Gasteiger partial charge >= 0.3 is 0 Å². The molecule has 1 heterocycles. The standard InChI is InChI=1S/C15H18N4O2S/c1-3-16-13(20)9-12-14(21)17-15(22-12)19-18-10(2)11-7-5-4-6-8-11/h4-8,12H,3,9H2,1-2H3,(H,16,20)(H,17,19,21).